The number of benzene rings is 3. The van der Waals surface area contributed by atoms with Crippen LogP contribution in [0.1, 0.15) is 21.5 Å². The standard InChI is InChI=1S/C27H22FN5O2/c1-33-23-9-5-3-7-21(23)25-19(14-24(33)34)16-30-27(32-25)31-20-12-10-17(11-13-20)26(35)29-15-18-6-2-4-8-22(18)28/h2-13,16H,14-15H2,1H3,(H,29,35)(H,30,31,32). The van der Waals surface area contributed by atoms with E-state index in [2.05, 4.69) is 15.6 Å². The second-order valence-corrected chi connectivity index (χ2v) is 8.19. The van der Waals surface area contributed by atoms with Gasteiger partial charge in [-0.15, -0.1) is 0 Å². The molecule has 2 amide bonds. The van der Waals surface area contributed by atoms with E-state index in [1.54, 1.807) is 60.6 Å². The predicted molar refractivity (Wildman–Crippen MR) is 132 cm³/mol. The van der Waals surface area contributed by atoms with E-state index in [1.807, 2.05) is 24.3 Å². The van der Waals surface area contributed by atoms with Crippen LogP contribution in [0.2, 0.25) is 0 Å². The summed E-state index contributed by atoms with van der Waals surface area (Å²) in [6, 6.07) is 20.8. The van der Waals surface area contributed by atoms with Gasteiger partial charge in [0.1, 0.15) is 5.82 Å². The molecule has 4 aromatic rings. The third-order valence-corrected chi connectivity index (χ3v) is 5.90. The first-order chi connectivity index (χ1) is 17.0. The molecule has 35 heavy (non-hydrogen) atoms. The van der Waals surface area contributed by atoms with Crippen molar-refractivity contribution in [1.82, 2.24) is 15.3 Å². The van der Waals surface area contributed by atoms with Gasteiger partial charge in [0.05, 0.1) is 17.8 Å². The van der Waals surface area contributed by atoms with Gasteiger partial charge in [-0.1, -0.05) is 36.4 Å². The van der Waals surface area contributed by atoms with Crippen LogP contribution in [0.3, 0.4) is 0 Å². The summed E-state index contributed by atoms with van der Waals surface area (Å²) in [7, 11) is 1.76. The van der Waals surface area contributed by atoms with Crippen LogP contribution >= 0.6 is 0 Å². The molecule has 5 rings (SSSR count). The predicted octanol–water partition coefficient (Wildman–Crippen LogP) is 4.48. The Morgan fingerprint density at radius 1 is 1.03 bits per heavy atom. The number of hydrogen-bond acceptors (Lipinski definition) is 5. The van der Waals surface area contributed by atoms with E-state index in [0.29, 0.717) is 28.5 Å². The number of nitrogens with zero attached hydrogens (tertiary/aromatic N) is 3. The normalized spacial score (nSPS) is 12.4. The van der Waals surface area contributed by atoms with E-state index in [1.165, 1.54) is 6.07 Å². The Balaban J connectivity index is 1.32. The molecule has 1 aliphatic heterocycles. The van der Waals surface area contributed by atoms with Crippen molar-refractivity contribution in [1.29, 1.82) is 0 Å². The Morgan fingerprint density at radius 3 is 2.57 bits per heavy atom. The van der Waals surface area contributed by atoms with Crippen LogP contribution in [0.15, 0.2) is 79.0 Å². The number of para-hydroxylation sites is 1. The van der Waals surface area contributed by atoms with Crippen molar-refractivity contribution in [2.45, 2.75) is 13.0 Å². The molecule has 0 bridgehead atoms. The maximum atomic E-state index is 13.8. The lowest BCUT2D eigenvalue weighted by atomic mass is 10.1. The molecule has 174 valence electrons. The number of hydrogen-bond donors (Lipinski definition) is 2. The number of carbonyl (C=O) groups excluding carboxylic acids is 2. The monoisotopic (exact) mass is 467 g/mol. The molecule has 0 radical (unpaired) electrons. The van der Waals surface area contributed by atoms with Crippen molar-refractivity contribution in [2.24, 2.45) is 0 Å². The summed E-state index contributed by atoms with van der Waals surface area (Å²) in [4.78, 5) is 35.7. The first-order valence-electron chi connectivity index (χ1n) is 11.1. The molecular formula is C27H22FN5O2. The van der Waals surface area contributed by atoms with Crippen LogP contribution in [0.5, 0.6) is 0 Å². The number of likely N-dealkylation sites (N-methyl/N-ethyl adjacent to an activating group) is 1. The number of aromatic nitrogens is 2. The number of fused-ring (bicyclic) bond motifs is 3. The highest BCUT2D eigenvalue weighted by atomic mass is 19.1. The zero-order valence-corrected chi connectivity index (χ0v) is 19.0. The summed E-state index contributed by atoms with van der Waals surface area (Å²) in [6.45, 7) is 0.105. The molecule has 0 spiro atoms. The van der Waals surface area contributed by atoms with Gasteiger partial charge in [-0.05, 0) is 36.4 Å². The second-order valence-electron chi connectivity index (χ2n) is 8.19. The van der Waals surface area contributed by atoms with Gasteiger partial charge < -0.3 is 15.5 Å². The highest BCUT2D eigenvalue weighted by Crippen LogP contribution is 2.35. The van der Waals surface area contributed by atoms with Gasteiger partial charge in [-0.3, -0.25) is 9.59 Å². The van der Waals surface area contributed by atoms with E-state index in [4.69, 9.17) is 4.98 Å². The molecule has 2 heterocycles. The van der Waals surface area contributed by atoms with Crippen molar-refractivity contribution in [3.8, 4) is 11.3 Å². The summed E-state index contributed by atoms with van der Waals surface area (Å²) in [6.07, 6.45) is 1.89. The third-order valence-electron chi connectivity index (χ3n) is 5.90. The molecule has 0 saturated heterocycles. The van der Waals surface area contributed by atoms with Crippen molar-refractivity contribution in [2.75, 3.05) is 17.3 Å². The summed E-state index contributed by atoms with van der Waals surface area (Å²) in [5.41, 5.74) is 4.71. The first-order valence-corrected chi connectivity index (χ1v) is 11.1. The maximum Gasteiger partial charge on any atom is 0.251 e. The first kappa shape index (κ1) is 22.2. The summed E-state index contributed by atoms with van der Waals surface area (Å²) >= 11 is 0. The van der Waals surface area contributed by atoms with E-state index in [-0.39, 0.29) is 30.6 Å². The molecule has 1 aliphatic rings. The average Bonchev–Trinajstić information content (AvgIpc) is 2.98. The second kappa shape index (κ2) is 9.34. The van der Waals surface area contributed by atoms with Crippen LogP contribution in [0, 0.1) is 5.82 Å². The molecule has 7 nitrogen and oxygen atoms in total. The molecule has 8 heteroatoms. The van der Waals surface area contributed by atoms with E-state index >= 15 is 0 Å². The molecule has 0 aliphatic carbocycles. The van der Waals surface area contributed by atoms with Crippen molar-refractivity contribution >= 4 is 29.1 Å². The molecule has 3 aromatic carbocycles. The van der Waals surface area contributed by atoms with Gasteiger partial charge in [0.15, 0.2) is 0 Å². The fraction of sp³-hybridized carbons (Fsp3) is 0.111. The molecule has 1 aromatic heterocycles. The van der Waals surface area contributed by atoms with Crippen LogP contribution in [0.25, 0.3) is 11.3 Å². The lowest BCUT2D eigenvalue weighted by Gasteiger charge is -2.16. The van der Waals surface area contributed by atoms with E-state index in [0.717, 1.165) is 16.8 Å². The number of anilines is 3. The molecule has 0 unspecified atom stereocenters. The SMILES string of the molecule is CN1C(=O)Cc2cnc(Nc3ccc(C(=O)NCc4ccccc4F)cc3)nc2-c2ccccc21. The van der Waals surface area contributed by atoms with Crippen molar-refractivity contribution in [3.05, 3.63) is 102 Å². The van der Waals surface area contributed by atoms with E-state index < -0.39 is 0 Å². The van der Waals surface area contributed by atoms with Gasteiger partial charge in [0, 0.05) is 47.7 Å². The zero-order valence-electron chi connectivity index (χ0n) is 19.0. The highest BCUT2D eigenvalue weighted by Gasteiger charge is 2.24. The minimum Gasteiger partial charge on any atom is -0.348 e. The van der Waals surface area contributed by atoms with Gasteiger partial charge in [-0.25, -0.2) is 14.4 Å². The van der Waals surface area contributed by atoms with Crippen LogP contribution in [0.4, 0.5) is 21.7 Å². The number of rotatable bonds is 5. The number of nitrogens with one attached hydrogen (secondary N) is 2. The van der Waals surface area contributed by atoms with Gasteiger partial charge in [-0.2, -0.15) is 0 Å². The number of halogens is 1. The lowest BCUT2D eigenvalue weighted by molar-refractivity contribution is -0.117. The molecular weight excluding hydrogens is 445 g/mol. The fourth-order valence-corrected chi connectivity index (χ4v) is 3.97. The summed E-state index contributed by atoms with van der Waals surface area (Å²) in [5.74, 6) is -0.296. The van der Waals surface area contributed by atoms with Crippen molar-refractivity contribution in [3.63, 3.8) is 0 Å². The van der Waals surface area contributed by atoms with Crippen LogP contribution in [-0.2, 0) is 17.8 Å². The smallest absolute Gasteiger partial charge is 0.251 e. The van der Waals surface area contributed by atoms with Gasteiger partial charge in [0.2, 0.25) is 11.9 Å². The minimum absolute atomic E-state index is 0.0237. The zero-order chi connectivity index (χ0) is 24.4. The molecule has 0 saturated carbocycles. The Labute approximate surface area is 201 Å². The lowest BCUT2D eigenvalue weighted by Crippen LogP contribution is -2.26. The van der Waals surface area contributed by atoms with Crippen LogP contribution in [-0.4, -0.2) is 28.8 Å². The summed E-state index contributed by atoms with van der Waals surface area (Å²) in [5, 5.41) is 5.88. The number of amides is 2. The molecule has 0 fully saturated rings. The Hall–Kier alpha value is -4.59. The Kier molecular flexibility index (Phi) is 5.93. The highest BCUT2D eigenvalue weighted by molar-refractivity contribution is 6.01. The average molecular weight is 468 g/mol. The van der Waals surface area contributed by atoms with E-state index in [9.17, 15) is 14.0 Å². The Morgan fingerprint density at radius 2 is 1.77 bits per heavy atom. The molecule has 2 N–H and O–H groups in total. The number of carbonyl (C=O) groups is 2. The van der Waals surface area contributed by atoms with Crippen LogP contribution < -0.4 is 15.5 Å². The minimum atomic E-state index is -0.355. The third kappa shape index (κ3) is 4.59. The quantitative estimate of drug-likeness (QED) is 0.452. The van der Waals surface area contributed by atoms with Crippen molar-refractivity contribution < 1.29 is 14.0 Å². The van der Waals surface area contributed by atoms with Gasteiger partial charge >= 0.3 is 0 Å². The Bertz CT molecular complexity index is 1420. The molecule has 0 atom stereocenters. The summed E-state index contributed by atoms with van der Waals surface area (Å²) < 4.78 is 13.8. The largest absolute Gasteiger partial charge is 0.348 e. The maximum absolute atomic E-state index is 13.8. The fourth-order valence-electron chi connectivity index (χ4n) is 3.97. The topological polar surface area (TPSA) is 87.2 Å². The van der Waals surface area contributed by atoms with Gasteiger partial charge in [0.25, 0.3) is 5.91 Å².